The Morgan fingerprint density at radius 3 is 2.38 bits per heavy atom. The second-order valence-electron chi connectivity index (χ2n) is 2.40. The van der Waals surface area contributed by atoms with Gasteiger partial charge < -0.3 is 0 Å². The number of hydrogen-bond acceptors (Lipinski definition) is 6. The molecule has 1 N–H and O–H groups in total. The molecule has 1 aliphatic heterocycles. The molecular formula is C5H7NO6S. The molecule has 74 valence electrons. The van der Waals surface area contributed by atoms with Crippen molar-refractivity contribution in [2.75, 3.05) is 7.11 Å². The summed E-state index contributed by atoms with van der Waals surface area (Å²) in [5, 5.41) is 6.89. The van der Waals surface area contributed by atoms with Crippen molar-refractivity contribution in [2.24, 2.45) is 0 Å². The Balaban J connectivity index is 3.00. The monoisotopic (exact) mass is 209 g/mol. The maximum atomic E-state index is 11.0. The minimum Gasteiger partial charge on any atom is -0.278 e. The lowest BCUT2D eigenvalue weighted by Gasteiger charge is -2.06. The largest absolute Gasteiger partial charge is 0.279 e. The maximum Gasteiger partial charge on any atom is 0.279 e. The minimum absolute atomic E-state index is 0.207. The van der Waals surface area contributed by atoms with Gasteiger partial charge in [0, 0.05) is 0 Å². The van der Waals surface area contributed by atoms with Gasteiger partial charge in [0.1, 0.15) is 0 Å². The van der Waals surface area contributed by atoms with E-state index >= 15 is 0 Å². The van der Waals surface area contributed by atoms with Crippen molar-refractivity contribution < 1.29 is 27.4 Å². The highest BCUT2D eigenvalue weighted by atomic mass is 32.2. The number of hydroxylamine groups is 2. The van der Waals surface area contributed by atoms with Crippen LogP contribution < -0.4 is 0 Å². The molecule has 0 aromatic carbocycles. The Bertz CT molecular complexity index is 346. The molecule has 0 spiro atoms. The van der Waals surface area contributed by atoms with Crippen LogP contribution in [-0.4, -0.2) is 42.9 Å². The molecular weight excluding hydrogens is 202 g/mol. The van der Waals surface area contributed by atoms with Crippen molar-refractivity contribution in [1.29, 1.82) is 0 Å². The van der Waals surface area contributed by atoms with Crippen LogP contribution in [0.4, 0.5) is 0 Å². The average Bonchev–Trinajstić information content (AvgIpc) is 2.33. The van der Waals surface area contributed by atoms with Gasteiger partial charge in [-0.2, -0.15) is 13.5 Å². The quantitative estimate of drug-likeness (QED) is 0.336. The van der Waals surface area contributed by atoms with E-state index in [9.17, 15) is 18.0 Å². The molecule has 1 atom stereocenters. The van der Waals surface area contributed by atoms with Crippen molar-refractivity contribution in [3.63, 3.8) is 0 Å². The van der Waals surface area contributed by atoms with E-state index in [1.807, 2.05) is 0 Å². The van der Waals surface area contributed by atoms with Crippen LogP contribution in [0.25, 0.3) is 0 Å². The number of imide groups is 1. The van der Waals surface area contributed by atoms with Crippen LogP contribution in [0.3, 0.4) is 0 Å². The summed E-state index contributed by atoms with van der Waals surface area (Å²) >= 11 is 0. The number of rotatable bonds is 2. The van der Waals surface area contributed by atoms with Gasteiger partial charge in [-0.05, 0) is 0 Å². The Hall–Kier alpha value is -0.990. The van der Waals surface area contributed by atoms with Gasteiger partial charge in [-0.1, -0.05) is 0 Å². The minimum atomic E-state index is -4.08. The van der Waals surface area contributed by atoms with Gasteiger partial charge in [-0.3, -0.25) is 19.0 Å². The summed E-state index contributed by atoms with van der Waals surface area (Å²) in [6, 6.07) is 0. The zero-order chi connectivity index (χ0) is 10.2. The molecule has 2 amide bonds. The standard InChI is InChI=1S/C5H7NO6S/c1-12-13(10,11)3-2-4(7)6(9)5(3)8/h3,9H,2H2,1H3. The highest BCUT2D eigenvalue weighted by Crippen LogP contribution is 2.18. The molecule has 0 aromatic heterocycles. The predicted octanol–water partition coefficient (Wildman–Crippen LogP) is -1.52. The average molecular weight is 209 g/mol. The van der Waals surface area contributed by atoms with Gasteiger partial charge in [0.05, 0.1) is 13.5 Å². The van der Waals surface area contributed by atoms with Crippen molar-refractivity contribution in [3.05, 3.63) is 0 Å². The molecule has 13 heavy (non-hydrogen) atoms. The molecule has 0 radical (unpaired) electrons. The third-order valence-electron chi connectivity index (χ3n) is 1.66. The lowest BCUT2D eigenvalue weighted by molar-refractivity contribution is -0.171. The van der Waals surface area contributed by atoms with Crippen LogP contribution in [0.2, 0.25) is 0 Å². The van der Waals surface area contributed by atoms with Crippen molar-refractivity contribution in [1.82, 2.24) is 5.06 Å². The van der Waals surface area contributed by atoms with Crippen molar-refractivity contribution in [2.45, 2.75) is 11.7 Å². The number of nitrogens with zero attached hydrogens (tertiary/aromatic N) is 1. The first-order valence-corrected chi connectivity index (χ1v) is 4.72. The van der Waals surface area contributed by atoms with Gasteiger partial charge in [-0.25, -0.2) is 0 Å². The van der Waals surface area contributed by atoms with Gasteiger partial charge in [0.2, 0.25) is 0 Å². The highest BCUT2D eigenvalue weighted by Gasteiger charge is 2.46. The van der Waals surface area contributed by atoms with Crippen LogP contribution in [0.1, 0.15) is 6.42 Å². The van der Waals surface area contributed by atoms with Crippen molar-refractivity contribution in [3.8, 4) is 0 Å². The summed E-state index contributed by atoms with van der Waals surface area (Å²) < 4.78 is 26.0. The number of hydrogen-bond donors (Lipinski definition) is 1. The second kappa shape index (κ2) is 3.05. The van der Waals surface area contributed by atoms with Crippen LogP contribution >= 0.6 is 0 Å². The first-order valence-electron chi connectivity index (χ1n) is 3.25. The molecule has 0 aromatic rings. The molecule has 8 heteroatoms. The van der Waals surface area contributed by atoms with Gasteiger partial charge in [0.15, 0.2) is 5.25 Å². The zero-order valence-corrected chi connectivity index (χ0v) is 7.44. The van der Waals surface area contributed by atoms with Gasteiger partial charge >= 0.3 is 0 Å². The van der Waals surface area contributed by atoms with E-state index in [-0.39, 0.29) is 5.06 Å². The summed E-state index contributed by atoms with van der Waals surface area (Å²) in [4.78, 5) is 21.6. The van der Waals surface area contributed by atoms with E-state index in [1.165, 1.54) is 0 Å². The molecule has 0 aliphatic carbocycles. The molecule has 1 fully saturated rings. The topological polar surface area (TPSA) is 101 Å². The Labute approximate surface area is 74.0 Å². The molecule has 1 heterocycles. The number of carbonyl (C=O) groups is 2. The van der Waals surface area contributed by atoms with Crippen LogP contribution in [0, 0.1) is 0 Å². The summed E-state index contributed by atoms with van der Waals surface area (Å²) in [5.41, 5.74) is 0. The lowest BCUT2D eigenvalue weighted by atomic mass is 10.4. The van der Waals surface area contributed by atoms with Gasteiger partial charge in [0.25, 0.3) is 21.9 Å². The second-order valence-corrected chi connectivity index (χ2v) is 4.28. The molecule has 7 nitrogen and oxygen atoms in total. The van der Waals surface area contributed by atoms with E-state index in [0.29, 0.717) is 0 Å². The fourth-order valence-electron chi connectivity index (χ4n) is 0.933. The first-order chi connectivity index (χ1) is 5.90. The number of carbonyl (C=O) groups excluding carboxylic acids is 2. The maximum absolute atomic E-state index is 11.0. The molecule has 1 rings (SSSR count). The highest BCUT2D eigenvalue weighted by molar-refractivity contribution is 7.88. The third-order valence-corrected chi connectivity index (χ3v) is 3.19. The Kier molecular flexibility index (Phi) is 2.37. The van der Waals surface area contributed by atoms with E-state index in [2.05, 4.69) is 4.18 Å². The van der Waals surface area contributed by atoms with Crippen LogP contribution in [0.15, 0.2) is 0 Å². The number of amides is 2. The summed E-state index contributed by atoms with van der Waals surface area (Å²) in [6.45, 7) is 0. The van der Waals surface area contributed by atoms with Gasteiger partial charge in [-0.15, -0.1) is 0 Å². The van der Waals surface area contributed by atoms with Crippen LogP contribution in [-0.2, 0) is 23.9 Å². The first kappa shape index (κ1) is 10.1. The van der Waals surface area contributed by atoms with Crippen molar-refractivity contribution >= 4 is 21.9 Å². The third kappa shape index (κ3) is 1.55. The fraction of sp³-hybridized carbons (Fsp3) is 0.600. The Morgan fingerprint density at radius 1 is 1.54 bits per heavy atom. The SMILES string of the molecule is COS(=O)(=O)C1CC(=O)N(O)C1=O. The predicted molar refractivity (Wildman–Crippen MR) is 38.0 cm³/mol. The summed E-state index contributed by atoms with van der Waals surface area (Å²) in [6.07, 6.45) is -0.578. The normalized spacial score (nSPS) is 24.2. The molecule has 0 bridgehead atoms. The van der Waals surface area contributed by atoms with E-state index in [1.54, 1.807) is 0 Å². The smallest absolute Gasteiger partial charge is 0.278 e. The molecule has 1 aliphatic rings. The fourth-order valence-corrected chi connectivity index (χ4v) is 1.86. The molecule has 1 saturated heterocycles. The summed E-state index contributed by atoms with van der Waals surface area (Å²) in [7, 11) is -3.20. The molecule has 0 saturated carbocycles. The van der Waals surface area contributed by atoms with E-state index < -0.39 is 33.6 Å². The zero-order valence-electron chi connectivity index (χ0n) is 6.63. The van der Waals surface area contributed by atoms with E-state index in [4.69, 9.17) is 5.21 Å². The lowest BCUT2D eigenvalue weighted by Crippen LogP contribution is -2.33. The summed E-state index contributed by atoms with van der Waals surface area (Å²) in [5.74, 6) is -2.12. The van der Waals surface area contributed by atoms with E-state index in [0.717, 1.165) is 7.11 Å². The Morgan fingerprint density at radius 2 is 2.08 bits per heavy atom. The molecule has 1 unspecified atom stereocenters. The van der Waals surface area contributed by atoms with Crippen LogP contribution in [0.5, 0.6) is 0 Å².